The van der Waals surface area contributed by atoms with Gasteiger partial charge in [0, 0.05) is 7.11 Å². The molecule has 0 aliphatic heterocycles. The van der Waals surface area contributed by atoms with Crippen LogP contribution in [0.15, 0.2) is 55.1 Å². The van der Waals surface area contributed by atoms with Crippen LogP contribution < -0.4 is 0 Å². The first-order valence-electron chi connectivity index (χ1n) is 12.6. The minimum atomic E-state index is -4.82. The van der Waals surface area contributed by atoms with Crippen LogP contribution in [0.4, 0.5) is 30.7 Å². The maximum Gasteiger partial charge on any atom is 0.416 e. The summed E-state index contributed by atoms with van der Waals surface area (Å²) in [6.07, 6.45) is -1.44. The summed E-state index contributed by atoms with van der Waals surface area (Å²) in [5.41, 5.74) is -1.53. The SMILES string of the molecule is C=CCC.CC.CC.COCc1cc(C(F)(F)F)cc(C(F)(F)F)c1.Fc1ccc(C2CCCC2)cc1. The minimum absolute atomic E-state index is 0.0825. The summed E-state index contributed by atoms with van der Waals surface area (Å²) in [5, 5.41) is 0. The minimum Gasteiger partial charge on any atom is -0.380 e. The molecule has 0 N–H and O–H groups in total. The molecule has 0 saturated heterocycles. The van der Waals surface area contributed by atoms with Crippen LogP contribution in [-0.4, -0.2) is 7.11 Å². The lowest BCUT2D eigenvalue weighted by Crippen LogP contribution is -2.12. The van der Waals surface area contributed by atoms with Gasteiger partial charge in [0.2, 0.25) is 0 Å². The Kier molecular flexibility index (Phi) is 19.6. The molecule has 1 aliphatic rings. The van der Waals surface area contributed by atoms with Gasteiger partial charge < -0.3 is 4.74 Å². The van der Waals surface area contributed by atoms with E-state index in [0.717, 1.165) is 6.42 Å². The maximum absolute atomic E-state index is 12.6. The van der Waals surface area contributed by atoms with Crippen LogP contribution in [0.1, 0.15) is 94.9 Å². The molecule has 1 nitrogen and oxygen atoms in total. The van der Waals surface area contributed by atoms with Crippen LogP contribution >= 0.6 is 0 Å². The van der Waals surface area contributed by atoms with Crippen LogP contribution in [0.3, 0.4) is 0 Å². The number of halogens is 7. The molecule has 0 aromatic heterocycles. The van der Waals surface area contributed by atoms with E-state index in [4.69, 9.17) is 0 Å². The van der Waals surface area contributed by atoms with E-state index in [-0.39, 0.29) is 24.1 Å². The summed E-state index contributed by atoms with van der Waals surface area (Å²) in [5.74, 6) is 0.572. The Labute approximate surface area is 217 Å². The highest BCUT2D eigenvalue weighted by Crippen LogP contribution is 2.36. The second-order valence-electron chi connectivity index (χ2n) is 7.58. The second-order valence-corrected chi connectivity index (χ2v) is 7.58. The smallest absolute Gasteiger partial charge is 0.380 e. The summed E-state index contributed by atoms with van der Waals surface area (Å²) in [4.78, 5) is 0. The summed E-state index contributed by atoms with van der Waals surface area (Å²) >= 11 is 0. The monoisotopic (exact) mass is 538 g/mol. The van der Waals surface area contributed by atoms with Crippen LogP contribution in [0.2, 0.25) is 0 Å². The zero-order chi connectivity index (χ0) is 29.1. The number of hydrogen-bond donors (Lipinski definition) is 0. The van der Waals surface area contributed by atoms with Gasteiger partial charge >= 0.3 is 12.4 Å². The predicted octanol–water partition coefficient (Wildman–Crippen LogP) is 11.0. The average molecular weight is 539 g/mol. The fraction of sp³-hybridized carbons (Fsp3) is 0.517. The number of rotatable bonds is 4. The lowest BCUT2D eigenvalue weighted by molar-refractivity contribution is -0.143. The zero-order valence-electron chi connectivity index (χ0n) is 22.7. The molecule has 1 saturated carbocycles. The Morgan fingerprint density at radius 3 is 1.57 bits per heavy atom. The first kappa shape index (κ1) is 36.8. The van der Waals surface area contributed by atoms with Crippen molar-refractivity contribution in [2.24, 2.45) is 0 Å². The van der Waals surface area contributed by atoms with Gasteiger partial charge in [0.05, 0.1) is 17.7 Å². The van der Waals surface area contributed by atoms with Crippen molar-refractivity contribution in [1.29, 1.82) is 0 Å². The van der Waals surface area contributed by atoms with Crippen molar-refractivity contribution in [3.05, 3.63) is 83.2 Å². The number of allylic oxidation sites excluding steroid dienone is 1. The van der Waals surface area contributed by atoms with E-state index in [1.165, 1.54) is 38.4 Å². The molecule has 8 heteroatoms. The van der Waals surface area contributed by atoms with Gasteiger partial charge in [-0.3, -0.25) is 0 Å². The normalized spacial score (nSPS) is 12.9. The van der Waals surface area contributed by atoms with E-state index in [1.807, 2.05) is 45.9 Å². The fourth-order valence-electron chi connectivity index (χ4n) is 3.26. The van der Waals surface area contributed by atoms with Crippen molar-refractivity contribution in [2.75, 3.05) is 7.11 Å². The Hall–Kier alpha value is -2.35. The molecule has 3 rings (SSSR count). The van der Waals surface area contributed by atoms with Crippen molar-refractivity contribution in [1.82, 2.24) is 0 Å². The third kappa shape index (κ3) is 15.5. The highest BCUT2D eigenvalue weighted by atomic mass is 19.4. The molecule has 0 amide bonds. The highest BCUT2D eigenvalue weighted by molar-refractivity contribution is 5.33. The summed E-state index contributed by atoms with van der Waals surface area (Å²) < 4.78 is 91.3. The lowest BCUT2D eigenvalue weighted by Gasteiger charge is -2.13. The largest absolute Gasteiger partial charge is 0.416 e. The summed E-state index contributed by atoms with van der Waals surface area (Å²) in [6, 6.07) is 8.33. The third-order valence-corrected chi connectivity index (χ3v) is 4.94. The number of benzene rings is 2. The molecule has 0 heterocycles. The van der Waals surface area contributed by atoms with Gasteiger partial charge in [-0.25, -0.2) is 4.39 Å². The van der Waals surface area contributed by atoms with E-state index >= 15 is 0 Å². The topological polar surface area (TPSA) is 9.23 Å². The summed E-state index contributed by atoms with van der Waals surface area (Å²) in [7, 11) is 1.19. The molecule has 0 spiro atoms. The van der Waals surface area contributed by atoms with Gasteiger partial charge in [-0.15, -0.1) is 6.58 Å². The quantitative estimate of drug-likeness (QED) is 0.278. The van der Waals surface area contributed by atoms with Gasteiger partial charge in [-0.1, -0.05) is 65.7 Å². The first-order chi connectivity index (χ1) is 17.4. The number of hydrogen-bond acceptors (Lipinski definition) is 1. The molecule has 212 valence electrons. The number of methoxy groups -OCH3 is 1. The van der Waals surface area contributed by atoms with Crippen molar-refractivity contribution < 1.29 is 35.5 Å². The molecule has 1 aliphatic carbocycles. The second kappa shape index (κ2) is 19.7. The Morgan fingerprint density at radius 1 is 0.838 bits per heavy atom. The highest BCUT2D eigenvalue weighted by Gasteiger charge is 2.36. The first-order valence-corrected chi connectivity index (χ1v) is 12.6. The molecule has 0 bridgehead atoms. The molecule has 2 aromatic rings. The fourth-order valence-corrected chi connectivity index (χ4v) is 3.26. The molecule has 37 heavy (non-hydrogen) atoms. The van der Waals surface area contributed by atoms with Gasteiger partial charge in [0.15, 0.2) is 0 Å². The van der Waals surface area contributed by atoms with Crippen LogP contribution in [-0.2, 0) is 23.7 Å². The standard InChI is InChI=1S/C11H13F.C10H8F6O.C4H8.2C2H6/c12-11-7-5-10(6-8-11)9-3-1-2-4-9;1-17-5-6-2-7(9(11,12)13)4-8(3-6)10(14,15)16;1-3-4-2;2*1-2/h5-9H,1-4H2;2-4H,5H2,1H3;3H,1,4H2,2H3;2*1-2H3. The van der Waals surface area contributed by atoms with Crippen molar-refractivity contribution in [2.45, 2.75) is 91.6 Å². The summed E-state index contributed by atoms with van der Waals surface area (Å²) in [6.45, 7) is 13.2. The number of ether oxygens (including phenoxy) is 1. The van der Waals surface area contributed by atoms with Crippen LogP contribution in [0.5, 0.6) is 0 Å². The number of alkyl halides is 6. The molecule has 0 atom stereocenters. The Balaban J connectivity index is 0. The van der Waals surface area contributed by atoms with E-state index in [2.05, 4.69) is 18.2 Å². The molecule has 0 radical (unpaired) electrons. The van der Waals surface area contributed by atoms with Gasteiger partial charge in [-0.2, -0.15) is 26.3 Å². The van der Waals surface area contributed by atoms with Gasteiger partial charge in [0.1, 0.15) is 5.82 Å². The van der Waals surface area contributed by atoms with Gasteiger partial charge in [-0.05, 0) is 66.6 Å². The van der Waals surface area contributed by atoms with Crippen molar-refractivity contribution >= 4 is 0 Å². The molecule has 1 fully saturated rings. The third-order valence-electron chi connectivity index (χ3n) is 4.94. The molecule has 0 unspecified atom stereocenters. The Morgan fingerprint density at radius 2 is 1.24 bits per heavy atom. The zero-order valence-corrected chi connectivity index (χ0v) is 22.7. The van der Waals surface area contributed by atoms with Gasteiger partial charge in [0.25, 0.3) is 0 Å². The van der Waals surface area contributed by atoms with Crippen molar-refractivity contribution in [3.8, 4) is 0 Å². The lowest BCUT2D eigenvalue weighted by atomic mass is 9.98. The molecule has 2 aromatic carbocycles. The van der Waals surface area contributed by atoms with E-state index < -0.39 is 23.5 Å². The van der Waals surface area contributed by atoms with E-state index in [0.29, 0.717) is 18.1 Å². The average Bonchev–Trinajstić information content (AvgIpc) is 3.42. The Bertz CT molecular complexity index is 803. The molecular weight excluding hydrogens is 497 g/mol. The van der Waals surface area contributed by atoms with Crippen molar-refractivity contribution in [3.63, 3.8) is 0 Å². The predicted molar refractivity (Wildman–Crippen MR) is 138 cm³/mol. The van der Waals surface area contributed by atoms with E-state index in [1.54, 1.807) is 12.1 Å². The van der Waals surface area contributed by atoms with Crippen LogP contribution in [0.25, 0.3) is 0 Å². The maximum atomic E-state index is 12.6. The van der Waals surface area contributed by atoms with Crippen LogP contribution in [0, 0.1) is 5.82 Å². The molecular formula is C29H41F7O. The van der Waals surface area contributed by atoms with E-state index in [9.17, 15) is 30.7 Å².